The van der Waals surface area contributed by atoms with E-state index in [1.54, 1.807) is 0 Å². The van der Waals surface area contributed by atoms with Crippen LogP contribution in [0.25, 0.3) is 0 Å². The van der Waals surface area contributed by atoms with Gasteiger partial charge in [-0.2, -0.15) is 0 Å². The van der Waals surface area contributed by atoms with Gasteiger partial charge in [-0.05, 0) is 60.5 Å². The van der Waals surface area contributed by atoms with Gasteiger partial charge in [0, 0.05) is 23.7 Å². The molecule has 0 radical (unpaired) electrons. The molecule has 1 heterocycles. The SMILES string of the molecule is CN(C)CC(N)C1CC(C)(C)NC(C)(C)C1. The fourth-order valence-electron chi connectivity index (χ4n) is 3.27. The van der Waals surface area contributed by atoms with Gasteiger partial charge in [0.1, 0.15) is 0 Å². The molecule has 16 heavy (non-hydrogen) atoms. The minimum absolute atomic E-state index is 0.205. The summed E-state index contributed by atoms with van der Waals surface area (Å²) in [5.74, 6) is 0.619. The van der Waals surface area contributed by atoms with Gasteiger partial charge in [-0.1, -0.05) is 0 Å². The number of likely N-dealkylation sites (N-methyl/N-ethyl adjacent to an activating group) is 1. The smallest absolute Gasteiger partial charge is 0.0197 e. The molecule has 1 aliphatic rings. The number of piperidine rings is 1. The summed E-state index contributed by atoms with van der Waals surface area (Å²) in [4.78, 5) is 2.19. The fourth-order valence-corrected chi connectivity index (χ4v) is 3.27. The largest absolute Gasteiger partial charge is 0.326 e. The molecule has 1 saturated heterocycles. The van der Waals surface area contributed by atoms with Gasteiger partial charge in [-0.15, -0.1) is 0 Å². The van der Waals surface area contributed by atoms with Crippen LogP contribution in [0.1, 0.15) is 40.5 Å². The zero-order valence-corrected chi connectivity index (χ0v) is 11.8. The van der Waals surface area contributed by atoms with E-state index in [2.05, 4.69) is 52.0 Å². The van der Waals surface area contributed by atoms with Crippen LogP contribution in [0.5, 0.6) is 0 Å². The minimum atomic E-state index is 0.205. The van der Waals surface area contributed by atoms with Gasteiger partial charge in [-0.3, -0.25) is 0 Å². The first-order valence-corrected chi connectivity index (χ1v) is 6.31. The first kappa shape index (κ1) is 13.9. The Morgan fingerprint density at radius 2 is 1.62 bits per heavy atom. The third-order valence-electron chi connectivity index (χ3n) is 3.40. The van der Waals surface area contributed by atoms with Crippen LogP contribution in [0.4, 0.5) is 0 Å². The molecular formula is C13H29N3. The summed E-state index contributed by atoms with van der Waals surface area (Å²) in [6, 6.07) is 0.288. The molecule has 3 N–H and O–H groups in total. The maximum absolute atomic E-state index is 6.32. The van der Waals surface area contributed by atoms with Crippen molar-refractivity contribution in [3.05, 3.63) is 0 Å². The van der Waals surface area contributed by atoms with Crippen LogP contribution in [0.3, 0.4) is 0 Å². The maximum Gasteiger partial charge on any atom is 0.0197 e. The van der Waals surface area contributed by atoms with Crippen molar-refractivity contribution in [2.75, 3.05) is 20.6 Å². The Bertz CT molecular complexity index is 217. The average molecular weight is 227 g/mol. The van der Waals surface area contributed by atoms with Gasteiger partial charge in [0.15, 0.2) is 0 Å². The quantitative estimate of drug-likeness (QED) is 0.766. The van der Waals surface area contributed by atoms with Crippen molar-refractivity contribution < 1.29 is 0 Å². The monoisotopic (exact) mass is 227 g/mol. The van der Waals surface area contributed by atoms with Crippen molar-refractivity contribution in [1.82, 2.24) is 10.2 Å². The van der Waals surface area contributed by atoms with Crippen molar-refractivity contribution in [3.63, 3.8) is 0 Å². The van der Waals surface area contributed by atoms with E-state index < -0.39 is 0 Å². The molecule has 0 spiro atoms. The topological polar surface area (TPSA) is 41.3 Å². The number of rotatable bonds is 3. The summed E-state index contributed by atoms with van der Waals surface area (Å²) in [5.41, 5.74) is 6.73. The summed E-state index contributed by atoms with van der Waals surface area (Å²) in [5, 5.41) is 3.70. The normalized spacial score (nSPS) is 27.0. The lowest BCUT2D eigenvalue weighted by Crippen LogP contribution is -2.60. The lowest BCUT2D eigenvalue weighted by molar-refractivity contribution is 0.106. The number of nitrogens with zero attached hydrogens (tertiary/aromatic N) is 1. The molecule has 96 valence electrons. The molecule has 3 heteroatoms. The molecule has 1 unspecified atom stereocenters. The van der Waals surface area contributed by atoms with E-state index in [4.69, 9.17) is 5.73 Å². The lowest BCUT2D eigenvalue weighted by atomic mass is 9.73. The highest BCUT2D eigenvalue weighted by atomic mass is 15.1. The van der Waals surface area contributed by atoms with E-state index in [1.807, 2.05) is 0 Å². The molecule has 0 amide bonds. The van der Waals surface area contributed by atoms with Crippen LogP contribution in [0.15, 0.2) is 0 Å². The number of hydrogen-bond donors (Lipinski definition) is 2. The van der Waals surface area contributed by atoms with E-state index >= 15 is 0 Å². The third kappa shape index (κ3) is 4.04. The van der Waals surface area contributed by atoms with Gasteiger partial charge >= 0.3 is 0 Å². The van der Waals surface area contributed by atoms with Gasteiger partial charge in [0.25, 0.3) is 0 Å². The molecule has 1 rings (SSSR count). The van der Waals surface area contributed by atoms with E-state index in [0.717, 1.165) is 6.54 Å². The molecule has 1 aliphatic heterocycles. The van der Waals surface area contributed by atoms with Gasteiger partial charge in [0.2, 0.25) is 0 Å². The number of hydrogen-bond acceptors (Lipinski definition) is 3. The van der Waals surface area contributed by atoms with Crippen molar-refractivity contribution >= 4 is 0 Å². The molecule has 0 aromatic heterocycles. The first-order chi connectivity index (χ1) is 7.11. The molecule has 3 nitrogen and oxygen atoms in total. The Morgan fingerprint density at radius 1 is 1.19 bits per heavy atom. The van der Waals surface area contributed by atoms with Crippen LogP contribution in [-0.2, 0) is 0 Å². The highest BCUT2D eigenvalue weighted by molar-refractivity contribution is 4.99. The standard InChI is InChI=1S/C13H29N3/c1-12(2)7-10(8-13(3,4)15-12)11(14)9-16(5)6/h10-11,15H,7-9,14H2,1-6H3. The van der Waals surface area contributed by atoms with Crippen molar-refractivity contribution in [2.24, 2.45) is 11.7 Å². The van der Waals surface area contributed by atoms with E-state index in [-0.39, 0.29) is 17.1 Å². The Hall–Kier alpha value is -0.120. The first-order valence-electron chi connectivity index (χ1n) is 6.31. The van der Waals surface area contributed by atoms with Crippen molar-refractivity contribution in [1.29, 1.82) is 0 Å². The Labute approximate surface area is 101 Å². The van der Waals surface area contributed by atoms with Crippen LogP contribution in [-0.4, -0.2) is 42.7 Å². The van der Waals surface area contributed by atoms with Crippen LogP contribution >= 0.6 is 0 Å². The van der Waals surface area contributed by atoms with Crippen molar-refractivity contribution in [3.8, 4) is 0 Å². The zero-order chi connectivity index (χ0) is 12.6. The maximum atomic E-state index is 6.32. The van der Waals surface area contributed by atoms with Crippen molar-refractivity contribution in [2.45, 2.75) is 57.7 Å². The number of nitrogens with one attached hydrogen (secondary N) is 1. The molecule has 0 aromatic carbocycles. The highest BCUT2D eigenvalue weighted by Gasteiger charge is 2.39. The Kier molecular flexibility index (Phi) is 4.04. The molecule has 0 saturated carbocycles. The van der Waals surface area contributed by atoms with E-state index in [0.29, 0.717) is 5.92 Å². The third-order valence-corrected chi connectivity index (χ3v) is 3.40. The van der Waals surface area contributed by atoms with Crippen LogP contribution in [0.2, 0.25) is 0 Å². The van der Waals surface area contributed by atoms with E-state index in [9.17, 15) is 0 Å². The average Bonchev–Trinajstić information content (AvgIpc) is 1.96. The summed E-state index contributed by atoms with van der Waals surface area (Å²) < 4.78 is 0. The molecule has 1 fully saturated rings. The molecule has 1 atom stereocenters. The molecular weight excluding hydrogens is 198 g/mol. The minimum Gasteiger partial charge on any atom is -0.326 e. The van der Waals surface area contributed by atoms with Crippen LogP contribution in [0, 0.1) is 5.92 Å². The summed E-state index contributed by atoms with van der Waals surface area (Å²) in [7, 11) is 4.19. The molecule has 0 aliphatic carbocycles. The summed E-state index contributed by atoms with van der Waals surface area (Å²) in [6.45, 7) is 10.1. The van der Waals surface area contributed by atoms with Crippen LogP contribution < -0.4 is 11.1 Å². The predicted octanol–water partition coefficient (Wildman–Crippen LogP) is 1.43. The Morgan fingerprint density at radius 3 is 2.00 bits per heavy atom. The molecule has 0 bridgehead atoms. The highest BCUT2D eigenvalue weighted by Crippen LogP contribution is 2.34. The second-order valence-corrected chi connectivity index (χ2v) is 6.99. The summed E-state index contributed by atoms with van der Waals surface area (Å²) >= 11 is 0. The van der Waals surface area contributed by atoms with E-state index in [1.165, 1.54) is 12.8 Å². The second kappa shape index (κ2) is 4.63. The summed E-state index contributed by atoms with van der Waals surface area (Å²) in [6.07, 6.45) is 2.34. The predicted molar refractivity (Wildman–Crippen MR) is 70.5 cm³/mol. The molecule has 0 aromatic rings. The zero-order valence-electron chi connectivity index (χ0n) is 11.8. The Balaban J connectivity index is 2.66. The second-order valence-electron chi connectivity index (χ2n) is 6.99. The fraction of sp³-hybridized carbons (Fsp3) is 1.00. The van der Waals surface area contributed by atoms with Gasteiger partial charge in [0.05, 0.1) is 0 Å². The number of nitrogens with two attached hydrogens (primary N) is 1. The van der Waals surface area contributed by atoms with Gasteiger partial charge in [-0.25, -0.2) is 0 Å². The van der Waals surface area contributed by atoms with Gasteiger partial charge < -0.3 is 16.0 Å². The lowest BCUT2D eigenvalue weighted by Gasteiger charge is -2.48.